The Balaban J connectivity index is 1.25. The first kappa shape index (κ1) is 34.4. The second-order valence-corrected chi connectivity index (χ2v) is 14.6. The highest BCUT2D eigenvalue weighted by atomic mass is 35.5. The third-order valence-corrected chi connectivity index (χ3v) is 11.8. The van der Waals surface area contributed by atoms with E-state index < -0.39 is 35.0 Å². The van der Waals surface area contributed by atoms with Crippen LogP contribution in [0.25, 0.3) is 6.08 Å². The zero-order valence-electron chi connectivity index (χ0n) is 28.9. The summed E-state index contributed by atoms with van der Waals surface area (Å²) in [6.45, 7) is 0.195. The van der Waals surface area contributed by atoms with Crippen LogP contribution in [0.15, 0.2) is 115 Å². The number of halogens is 1. The number of methoxy groups -OCH3 is 1. The molecule has 0 radical (unpaired) electrons. The van der Waals surface area contributed by atoms with Crippen LogP contribution in [-0.2, 0) is 31.0 Å². The van der Waals surface area contributed by atoms with Crippen molar-refractivity contribution in [3.05, 3.63) is 137 Å². The maximum atomic E-state index is 15.3. The molecule has 0 spiro atoms. The molecule has 0 aromatic heterocycles. The molecule has 4 amide bonds. The van der Waals surface area contributed by atoms with Crippen molar-refractivity contribution in [2.75, 3.05) is 18.6 Å². The number of likely N-dealkylation sites (tertiary alicyclic amines) is 1. The molecule has 2 heterocycles. The van der Waals surface area contributed by atoms with Gasteiger partial charge in [-0.15, -0.1) is 0 Å². The summed E-state index contributed by atoms with van der Waals surface area (Å²) in [6, 6.07) is 27.7. The van der Waals surface area contributed by atoms with E-state index in [9.17, 15) is 24.6 Å². The number of imide groups is 2. The molecule has 6 atom stereocenters. The predicted octanol–water partition coefficient (Wildman–Crippen LogP) is 6.71. The largest absolute Gasteiger partial charge is 0.508 e. The predicted molar refractivity (Wildman–Crippen MR) is 199 cm³/mol. The Bertz CT molecular complexity index is 2200. The zero-order chi connectivity index (χ0) is 37.0. The Hall–Kier alpha value is -5.67. The number of nitrogens with zero attached hydrogens (tertiary/aromatic N) is 2. The first-order valence-corrected chi connectivity index (χ1v) is 18.1. The maximum Gasteiger partial charge on any atom is 0.246 e. The van der Waals surface area contributed by atoms with Crippen LogP contribution in [0, 0.1) is 29.6 Å². The first-order valence-electron chi connectivity index (χ1n) is 17.7. The average Bonchev–Trinajstić information content (AvgIpc) is 3.55. The van der Waals surface area contributed by atoms with E-state index in [2.05, 4.69) is 0 Å². The lowest BCUT2D eigenvalue weighted by atomic mass is 9.50. The minimum atomic E-state index is -1.38. The van der Waals surface area contributed by atoms with E-state index in [4.69, 9.17) is 16.3 Å². The van der Waals surface area contributed by atoms with Gasteiger partial charge in [-0.05, 0) is 84.3 Å². The molecule has 3 fully saturated rings. The SMILES string of the molecule is COc1cc(C=CC2C3=CCC4C(=O)N(CCc5ccc(O)cc5)C(=O)C4C3CC3C(=O)N(c4cccc(Cl)c4)C(=O)C23c2ccccc2)ccc1O. The summed E-state index contributed by atoms with van der Waals surface area (Å²) in [7, 11) is 1.47. The highest BCUT2D eigenvalue weighted by Gasteiger charge is 2.69. The van der Waals surface area contributed by atoms with E-state index in [-0.39, 0.29) is 53.8 Å². The minimum Gasteiger partial charge on any atom is -0.508 e. The Morgan fingerprint density at radius 1 is 0.868 bits per heavy atom. The number of hydrogen-bond donors (Lipinski definition) is 2. The van der Waals surface area contributed by atoms with Crippen molar-refractivity contribution in [1.29, 1.82) is 0 Å². The van der Waals surface area contributed by atoms with Crippen molar-refractivity contribution in [2.24, 2.45) is 29.6 Å². The van der Waals surface area contributed by atoms with Crippen LogP contribution in [0.3, 0.4) is 0 Å². The zero-order valence-corrected chi connectivity index (χ0v) is 29.6. The minimum absolute atomic E-state index is 0.0164. The van der Waals surface area contributed by atoms with Gasteiger partial charge in [0.15, 0.2) is 11.5 Å². The monoisotopic (exact) mass is 728 g/mol. The number of carbonyl (C=O) groups is 4. The number of anilines is 1. The van der Waals surface area contributed by atoms with Crippen LogP contribution in [0.1, 0.15) is 29.5 Å². The summed E-state index contributed by atoms with van der Waals surface area (Å²) in [6.07, 6.45) is 6.77. The number of allylic oxidation sites excluding steroid dienone is 3. The van der Waals surface area contributed by atoms with E-state index >= 15 is 4.79 Å². The van der Waals surface area contributed by atoms with E-state index in [0.29, 0.717) is 34.7 Å². The van der Waals surface area contributed by atoms with E-state index in [1.807, 2.05) is 48.6 Å². The third-order valence-electron chi connectivity index (χ3n) is 11.6. The second-order valence-electron chi connectivity index (χ2n) is 14.2. The Labute approximate surface area is 311 Å². The number of ether oxygens (including phenoxy) is 1. The van der Waals surface area contributed by atoms with Crippen LogP contribution in [0.4, 0.5) is 5.69 Å². The fraction of sp³-hybridized carbons (Fsp3) is 0.256. The van der Waals surface area contributed by atoms with Crippen molar-refractivity contribution in [2.45, 2.75) is 24.7 Å². The van der Waals surface area contributed by atoms with Gasteiger partial charge in [0.05, 0.1) is 36.0 Å². The van der Waals surface area contributed by atoms with Gasteiger partial charge in [0.1, 0.15) is 5.75 Å². The summed E-state index contributed by atoms with van der Waals surface area (Å²) in [5.74, 6) is -4.16. The molecule has 53 heavy (non-hydrogen) atoms. The molecule has 4 aliphatic rings. The van der Waals surface area contributed by atoms with Gasteiger partial charge < -0.3 is 14.9 Å². The molecule has 2 aliphatic carbocycles. The molecule has 9 nitrogen and oxygen atoms in total. The lowest BCUT2D eigenvalue weighted by Crippen LogP contribution is -2.54. The number of phenols is 2. The van der Waals surface area contributed by atoms with E-state index in [0.717, 1.165) is 11.1 Å². The molecule has 8 rings (SSSR count). The van der Waals surface area contributed by atoms with Gasteiger partial charge >= 0.3 is 0 Å². The van der Waals surface area contributed by atoms with Gasteiger partial charge in [-0.2, -0.15) is 0 Å². The summed E-state index contributed by atoms with van der Waals surface area (Å²) in [5, 5.41) is 20.4. The van der Waals surface area contributed by atoms with Gasteiger partial charge in [-0.1, -0.05) is 90.0 Å². The molecule has 4 aromatic rings. The number of benzene rings is 4. The summed E-state index contributed by atoms with van der Waals surface area (Å²) >= 11 is 6.40. The number of hydrogen-bond acceptors (Lipinski definition) is 7. The van der Waals surface area contributed by atoms with Crippen molar-refractivity contribution in [1.82, 2.24) is 4.90 Å². The molecule has 10 heteroatoms. The highest BCUT2D eigenvalue weighted by Crippen LogP contribution is 2.62. The summed E-state index contributed by atoms with van der Waals surface area (Å²) in [4.78, 5) is 61.0. The van der Waals surface area contributed by atoms with Crippen LogP contribution < -0.4 is 9.64 Å². The van der Waals surface area contributed by atoms with Crippen LogP contribution in [-0.4, -0.2) is 52.4 Å². The van der Waals surface area contributed by atoms with Crippen molar-refractivity contribution >= 4 is 47.0 Å². The molecule has 1 saturated carbocycles. The number of fused-ring (bicyclic) bond motifs is 4. The number of aromatic hydroxyl groups is 2. The smallest absolute Gasteiger partial charge is 0.246 e. The van der Waals surface area contributed by atoms with Gasteiger partial charge in [0, 0.05) is 17.5 Å². The molecule has 2 N–H and O–H groups in total. The van der Waals surface area contributed by atoms with Crippen molar-refractivity contribution in [3.8, 4) is 17.2 Å². The number of phenolic OH excluding ortho intramolecular Hbond substituents is 2. The van der Waals surface area contributed by atoms with Gasteiger partial charge in [0.25, 0.3) is 0 Å². The number of amides is 4. The van der Waals surface area contributed by atoms with Crippen molar-refractivity contribution in [3.63, 3.8) is 0 Å². The normalized spacial score (nSPS) is 26.5. The summed E-state index contributed by atoms with van der Waals surface area (Å²) in [5.41, 5.74) is 2.10. The molecule has 4 aromatic carbocycles. The maximum absolute atomic E-state index is 15.3. The quantitative estimate of drug-likeness (QED) is 0.153. The fourth-order valence-corrected chi connectivity index (χ4v) is 9.37. The third kappa shape index (κ3) is 5.53. The Kier molecular flexibility index (Phi) is 8.69. The van der Waals surface area contributed by atoms with Gasteiger partial charge in [0.2, 0.25) is 23.6 Å². The molecule has 268 valence electrons. The van der Waals surface area contributed by atoms with Crippen molar-refractivity contribution < 1.29 is 34.1 Å². The fourth-order valence-electron chi connectivity index (χ4n) is 9.18. The molecule has 2 aliphatic heterocycles. The van der Waals surface area contributed by atoms with Gasteiger partial charge in [-0.3, -0.25) is 24.1 Å². The van der Waals surface area contributed by atoms with Crippen LogP contribution in [0.5, 0.6) is 17.2 Å². The Morgan fingerprint density at radius 3 is 2.38 bits per heavy atom. The van der Waals surface area contributed by atoms with Gasteiger partial charge in [-0.25, -0.2) is 4.90 Å². The number of rotatable bonds is 8. The van der Waals surface area contributed by atoms with E-state index in [1.165, 1.54) is 23.0 Å². The molecule has 6 unspecified atom stereocenters. The Morgan fingerprint density at radius 2 is 1.64 bits per heavy atom. The summed E-state index contributed by atoms with van der Waals surface area (Å²) < 4.78 is 5.36. The average molecular weight is 729 g/mol. The standard InChI is InChI=1S/C43H37ClN2O7/c1-53-37-22-26(13-19-36(37)48)12-18-34-31-16-17-32-38(41(51)45(39(32)49)21-20-25-10-14-30(47)15-11-25)33(31)24-35-40(50)46(29-9-5-8-28(44)23-29)42(52)43(34,35)27-6-3-2-4-7-27/h2-16,18-19,22-23,32-35,38,47-48H,17,20-21,24H2,1H3. The topological polar surface area (TPSA) is 124 Å². The lowest BCUT2D eigenvalue weighted by Gasteiger charge is -2.49. The van der Waals surface area contributed by atoms with E-state index in [1.54, 1.807) is 60.7 Å². The number of carbonyl (C=O) groups excluding carboxylic acids is 4. The van der Waals surface area contributed by atoms with Crippen LogP contribution in [0.2, 0.25) is 5.02 Å². The highest BCUT2D eigenvalue weighted by molar-refractivity contribution is 6.32. The molecular formula is C43H37ClN2O7. The first-order chi connectivity index (χ1) is 25.6. The molecular weight excluding hydrogens is 692 g/mol. The molecule has 0 bridgehead atoms. The van der Waals surface area contributed by atoms with Crippen LogP contribution >= 0.6 is 11.6 Å². The lowest BCUT2D eigenvalue weighted by molar-refractivity contribution is -0.140. The second kappa shape index (κ2) is 13.4. The molecule has 2 saturated heterocycles.